The lowest BCUT2D eigenvalue weighted by atomic mass is 9.97. The molecule has 0 saturated carbocycles. The maximum atomic E-state index is 12.2. The van der Waals surface area contributed by atoms with E-state index in [0.29, 0.717) is 23.8 Å². The normalized spacial score (nSPS) is 13.7. The van der Waals surface area contributed by atoms with Gasteiger partial charge in [-0.1, -0.05) is 0 Å². The molecule has 2 N–H and O–H groups in total. The van der Waals surface area contributed by atoms with Gasteiger partial charge in [0.05, 0.1) is 23.1 Å². The zero-order chi connectivity index (χ0) is 15.7. The molecule has 0 spiro atoms. The molecule has 0 bridgehead atoms. The van der Waals surface area contributed by atoms with Crippen LogP contribution in [0.1, 0.15) is 47.1 Å². The van der Waals surface area contributed by atoms with E-state index in [1.807, 2.05) is 6.92 Å². The fraction of sp³-hybridized carbons (Fsp3) is 0.467. The van der Waals surface area contributed by atoms with Crippen molar-refractivity contribution in [1.82, 2.24) is 25.1 Å². The molecule has 0 aliphatic heterocycles. The first-order chi connectivity index (χ1) is 10.6. The van der Waals surface area contributed by atoms with Crippen LogP contribution in [0, 0.1) is 6.92 Å². The zero-order valence-corrected chi connectivity index (χ0v) is 12.8. The summed E-state index contributed by atoms with van der Waals surface area (Å²) in [6.07, 6.45) is 5.17. The number of nitrogens with zero attached hydrogens (tertiary/aromatic N) is 3. The number of nitrogens with one attached hydrogen (secondary N) is 2. The Kier molecular flexibility index (Phi) is 3.79. The maximum absolute atomic E-state index is 12.2. The van der Waals surface area contributed by atoms with Gasteiger partial charge in [0.1, 0.15) is 0 Å². The minimum atomic E-state index is -0.174. The standard InChI is InChI=1S/C15H19N5O2/c1-3-16-13(21)11-8-17-20(9(11)2)15-18-12-7-5-4-6-10(12)14(22)19-15/h8H,3-7H2,1-2H3,(H,16,21)(H,18,19,22). The van der Waals surface area contributed by atoms with Crippen LogP contribution in [0.15, 0.2) is 11.0 Å². The average molecular weight is 301 g/mol. The number of hydrogen-bond acceptors (Lipinski definition) is 4. The van der Waals surface area contributed by atoms with E-state index < -0.39 is 0 Å². The van der Waals surface area contributed by atoms with Crippen LogP contribution in [0.4, 0.5) is 0 Å². The Morgan fingerprint density at radius 2 is 2.18 bits per heavy atom. The van der Waals surface area contributed by atoms with E-state index in [9.17, 15) is 9.59 Å². The van der Waals surface area contributed by atoms with E-state index in [1.54, 1.807) is 6.92 Å². The topological polar surface area (TPSA) is 92.7 Å². The molecule has 22 heavy (non-hydrogen) atoms. The van der Waals surface area contributed by atoms with Crippen molar-refractivity contribution in [2.75, 3.05) is 6.54 Å². The van der Waals surface area contributed by atoms with Crippen LogP contribution in [0.3, 0.4) is 0 Å². The molecule has 7 nitrogen and oxygen atoms in total. The van der Waals surface area contributed by atoms with Crippen molar-refractivity contribution in [3.63, 3.8) is 0 Å². The molecule has 0 saturated heterocycles. The molecule has 2 heterocycles. The number of aryl methyl sites for hydroxylation is 1. The van der Waals surface area contributed by atoms with E-state index in [0.717, 1.165) is 36.9 Å². The van der Waals surface area contributed by atoms with Crippen LogP contribution < -0.4 is 10.9 Å². The lowest BCUT2D eigenvalue weighted by Gasteiger charge is -2.14. The van der Waals surface area contributed by atoms with Crippen LogP contribution in [0.25, 0.3) is 5.95 Å². The third-order valence-corrected chi connectivity index (χ3v) is 3.97. The Balaban J connectivity index is 2.04. The monoisotopic (exact) mass is 301 g/mol. The molecule has 2 aromatic rings. The van der Waals surface area contributed by atoms with Gasteiger partial charge in [-0.2, -0.15) is 5.10 Å². The fourth-order valence-corrected chi connectivity index (χ4v) is 2.79. The first kappa shape index (κ1) is 14.5. The largest absolute Gasteiger partial charge is 0.352 e. The molecule has 7 heteroatoms. The predicted molar refractivity (Wildman–Crippen MR) is 81.4 cm³/mol. The van der Waals surface area contributed by atoms with E-state index in [4.69, 9.17) is 0 Å². The smallest absolute Gasteiger partial charge is 0.255 e. The highest BCUT2D eigenvalue weighted by Gasteiger charge is 2.19. The highest BCUT2D eigenvalue weighted by atomic mass is 16.1. The van der Waals surface area contributed by atoms with Crippen molar-refractivity contribution in [3.8, 4) is 5.95 Å². The number of aromatic nitrogens is 4. The van der Waals surface area contributed by atoms with Gasteiger partial charge in [-0.15, -0.1) is 0 Å². The van der Waals surface area contributed by atoms with Crippen LogP contribution in [-0.4, -0.2) is 32.2 Å². The predicted octanol–water partition coefficient (Wildman–Crippen LogP) is 0.893. The van der Waals surface area contributed by atoms with Gasteiger partial charge in [-0.3, -0.25) is 14.6 Å². The van der Waals surface area contributed by atoms with E-state index in [2.05, 4.69) is 20.4 Å². The lowest BCUT2D eigenvalue weighted by molar-refractivity contribution is 0.0955. The first-order valence-electron chi connectivity index (χ1n) is 7.57. The number of hydrogen-bond donors (Lipinski definition) is 2. The second kappa shape index (κ2) is 5.75. The third-order valence-electron chi connectivity index (χ3n) is 3.97. The zero-order valence-electron chi connectivity index (χ0n) is 12.8. The second-order valence-electron chi connectivity index (χ2n) is 5.44. The molecule has 116 valence electrons. The molecular formula is C15H19N5O2. The minimum Gasteiger partial charge on any atom is -0.352 e. The van der Waals surface area contributed by atoms with Crippen molar-refractivity contribution in [2.24, 2.45) is 0 Å². The van der Waals surface area contributed by atoms with Gasteiger partial charge >= 0.3 is 0 Å². The average Bonchev–Trinajstić information content (AvgIpc) is 2.89. The number of fused-ring (bicyclic) bond motifs is 1. The quantitative estimate of drug-likeness (QED) is 0.880. The summed E-state index contributed by atoms with van der Waals surface area (Å²) in [7, 11) is 0. The van der Waals surface area contributed by atoms with Crippen molar-refractivity contribution >= 4 is 5.91 Å². The molecule has 0 atom stereocenters. The molecule has 3 rings (SSSR count). The Labute approximate surface area is 127 Å². The SMILES string of the molecule is CCNC(=O)c1cnn(-c2nc3c(c(=O)[nH]2)CCCC3)c1C. The number of aromatic amines is 1. The van der Waals surface area contributed by atoms with Gasteiger partial charge in [0.2, 0.25) is 5.95 Å². The molecule has 0 aromatic carbocycles. The molecule has 0 fully saturated rings. The lowest BCUT2D eigenvalue weighted by Crippen LogP contribution is -2.25. The summed E-state index contributed by atoms with van der Waals surface area (Å²) in [5.41, 5.74) is 2.67. The van der Waals surface area contributed by atoms with Gasteiger partial charge in [-0.05, 0) is 39.5 Å². The summed E-state index contributed by atoms with van der Waals surface area (Å²) in [6, 6.07) is 0. The number of rotatable bonds is 3. The summed E-state index contributed by atoms with van der Waals surface area (Å²) in [5.74, 6) is 0.199. The van der Waals surface area contributed by atoms with Crippen LogP contribution in [0.5, 0.6) is 0 Å². The van der Waals surface area contributed by atoms with Crippen LogP contribution >= 0.6 is 0 Å². The van der Waals surface area contributed by atoms with Gasteiger partial charge < -0.3 is 5.32 Å². The third kappa shape index (κ3) is 2.43. The summed E-state index contributed by atoms with van der Waals surface area (Å²) >= 11 is 0. The summed E-state index contributed by atoms with van der Waals surface area (Å²) in [5, 5.41) is 6.95. The molecule has 2 aromatic heterocycles. The molecular weight excluding hydrogens is 282 g/mol. The van der Waals surface area contributed by atoms with Crippen LogP contribution in [-0.2, 0) is 12.8 Å². The molecule has 1 aliphatic rings. The number of carbonyl (C=O) groups is 1. The first-order valence-corrected chi connectivity index (χ1v) is 7.57. The number of amides is 1. The van der Waals surface area contributed by atoms with Crippen molar-refractivity contribution in [3.05, 3.63) is 39.1 Å². The summed E-state index contributed by atoms with van der Waals surface area (Å²) in [4.78, 5) is 31.5. The van der Waals surface area contributed by atoms with E-state index in [1.165, 1.54) is 10.9 Å². The Bertz CT molecular complexity index is 775. The van der Waals surface area contributed by atoms with Crippen molar-refractivity contribution < 1.29 is 4.79 Å². The van der Waals surface area contributed by atoms with Gasteiger partial charge in [0.25, 0.3) is 11.5 Å². The van der Waals surface area contributed by atoms with Gasteiger partial charge in [-0.25, -0.2) is 9.67 Å². The molecule has 0 unspecified atom stereocenters. The minimum absolute atomic E-state index is 0.103. The number of H-pyrrole nitrogens is 1. The second-order valence-corrected chi connectivity index (χ2v) is 5.44. The summed E-state index contributed by atoms with van der Waals surface area (Å²) < 4.78 is 1.51. The fourth-order valence-electron chi connectivity index (χ4n) is 2.79. The maximum Gasteiger partial charge on any atom is 0.255 e. The van der Waals surface area contributed by atoms with Crippen molar-refractivity contribution in [2.45, 2.75) is 39.5 Å². The van der Waals surface area contributed by atoms with Crippen molar-refractivity contribution in [1.29, 1.82) is 0 Å². The summed E-state index contributed by atoms with van der Waals surface area (Å²) in [6.45, 7) is 4.20. The molecule has 0 radical (unpaired) electrons. The van der Waals surface area contributed by atoms with Gasteiger partial charge in [0.15, 0.2) is 0 Å². The Hall–Kier alpha value is -2.44. The Morgan fingerprint density at radius 1 is 1.41 bits per heavy atom. The highest BCUT2D eigenvalue weighted by molar-refractivity contribution is 5.95. The number of carbonyl (C=O) groups excluding carboxylic acids is 1. The van der Waals surface area contributed by atoms with Crippen LogP contribution in [0.2, 0.25) is 0 Å². The molecule has 1 aliphatic carbocycles. The molecule has 1 amide bonds. The van der Waals surface area contributed by atoms with Gasteiger partial charge in [0, 0.05) is 12.1 Å². The Morgan fingerprint density at radius 3 is 2.95 bits per heavy atom. The van der Waals surface area contributed by atoms with E-state index in [-0.39, 0.29) is 11.5 Å². The highest BCUT2D eigenvalue weighted by Crippen LogP contribution is 2.17. The van der Waals surface area contributed by atoms with E-state index >= 15 is 0 Å².